The summed E-state index contributed by atoms with van der Waals surface area (Å²) in [7, 11) is 1.63. The molecule has 1 N–H and O–H groups in total. The van der Waals surface area contributed by atoms with Crippen molar-refractivity contribution in [1.82, 2.24) is 9.80 Å². The number of nitrogens with zero attached hydrogens (tertiary/aromatic N) is 2. The Morgan fingerprint density at radius 2 is 1.38 bits per heavy atom. The zero-order chi connectivity index (χ0) is 22.2. The van der Waals surface area contributed by atoms with Crippen molar-refractivity contribution in [3.8, 4) is 11.5 Å². The maximum atomic E-state index is 10.5. The first kappa shape index (κ1) is 22.3. The molecule has 168 valence electrons. The number of β-amino-alcohol motifs (C(OH)–C–C–N with tert-alkyl or cyclic N) is 1. The van der Waals surface area contributed by atoms with Gasteiger partial charge in [-0.15, -0.1) is 0 Å². The molecule has 32 heavy (non-hydrogen) atoms. The van der Waals surface area contributed by atoms with Crippen molar-refractivity contribution in [2.45, 2.75) is 12.1 Å². The second-order valence-electron chi connectivity index (χ2n) is 8.20. The predicted molar refractivity (Wildman–Crippen MR) is 127 cm³/mol. The van der Waals surface area contributed by atoms with Gasteiger partial charge in [0.1, 0.15) is 24.2 Å². The summed E-state index contributed by atoms with van der Waals surface area (Å²) in [5.74, 6) is 1.46. The van der Waals surface area contributed by atoms with Crippen LogP contribution in [0.2, 0.25) is 0 Å². The summed E-state index contributed by atoms with van der Waals surface area (Å²) in [6, 6.07) is 29.1. The Bertz CT molecular complexity index is 904. The summed E-state index contributed by atoms with van der Waals surface area (Å²) < 4.78 is 11.0. The van der Waals surface area contributed by atoms with Crippen LogP contribution in [-0.4, -0.2) is 67.5 Å². The lowest BCUT2D eigenvalue weighted by Gasteiger charge is -2.40. The van der Waals surface area contributed by atoms with E-state index in [9.17, 15) is 5.11 Å². The van der Waals surface area contributed by atoms with E-state index in [-0.39, 0.29) is 12.6 Å². The lowest BCUT2D eigenvalue weighted by atomic mass is 9.96. The summed E-state index contributed by atoms with van der Waals surface area (Å²) in [5, 5.41) is 10.5. The number of piperazine rings is 1. The van der Waals surface area contributed by atoms with E-state index in [1.165, 1.54) is 11.1 Å². The third-order valence-corrected chi connectivity index (χ3v) is 5.96. The minimum Gasteiger partial charge on any atom is -0.497 e. The highest BCUT2D eigenvalue weighted by atomic mass is 16.5. The molecular weight excluding hydrogens is 400 g/mol. The van der Waals surface area contributed by atoms with Crippen LogP contribution in [0.15, 0.2) is 84.9 Å². The highest BCUT2D eigenvalue weighted by Gasteiger charge is 2.27. The van der Waals surface area contributed by atoms with Crippen molar-refractivity contribution >= 4 is 0 Å². The molecule has 1 atom stereocenters. The molecule has 1 heterocycles. The first-order valence-corrected chi connectivity index (χ1v) is 11.2. The lowest BCUT2D eigenvalue weighted by molar-refractivity contribution is 0.0400. The highest BCUT2D eigenvalue weighted by molar-refractivity contribution is 5.33. The number of benzene rings is 3. The molecule has 1 fully saturated rings. The van der Waals surface area contributed by atoms with Gasteiger partial charge in [0.15, 0.2) is 0 Å². The van der Waals surface area contributed by atoms with E-state index in [2.05, 4.69) is 70.5 Å². The van der Waals surface area contributed by atoms with Crippen LogP contribution in [0, 0.1) is 0 Å². The van der Waals surface area contributed by atoms with Crippen molar-refractivity contribution in [2.75, 3.05) is 46.4 Å². The molecule has 0 bridgehead atoms. The van der Waals surface area contributed by atoms with E-state index in [4.69, 9.17) is 9.47 Å². The largest absolute Gasteiger partial charge is 0.497 e. The van der Waals surface area contributed by atoms with Gasteiger partial charge in [-0.05, 0) is 23.3 Å². The minimum absolute atomic E-state index is 0.251. The molecule has 0 aliphatic carbocycles. The number of ether oxygens (including phenoxy) is 2. The molecule has 0 saturated carbocycles. The van der Waals surface area contributed by atoms with Crippen LogP contribution in [0.5, 0.6) is 11.5 Å². The molecular formula is C27H32N2O3. The van der Waals surface area contributed by atoms with E-state index >= 15 is 0 Å². The molecule has 5 heteroatoms. The van der Waals surface area contributed by atoms with Gasteiger partial charge in [-0.2, -0.15) is 0 Å². The monoisotopic (exact) mass is 432 g/mol. The molecule has 1 aliphatic heterocycles. The van der Waals surface area contributed by atoms with Crippen LogP contribution in [0.3, 0.4) is 0 Å². The van der Waals surface area contributed by atoms with Gasteiger partial charge in [-0.25, -0.2) is 0 Å². The van der Waals surface area contributed by atoms with Gasteiger partial charge in [0.2, 0.25) is 0 Å². The van der Waals surface area contributed by atoms with Gasteiger partial charge < -0.3 is 14.6 Å². The normalized spacial score (nSPS) is 16.1. The van der Waals surface area contributed by atoms with E-state index in [1.54, 1.807) is 7.11 Å². The first-order chi connectivity index (χ1) is 15.7. The number of aliphatic hydroxyl groups is 1. The van der Waals surface area contributed by atoms with Gasteiger partial charge in [0.05, 0.1) is 13.2 Å². The van der Waals surface area contributed by atoms with Crippen LogP contribution in [0.4, 0.5) is 0 Å². The second-order valence-corrected chi connectivity index (χ2v) is 8.20. The fraction of sp³-hybridized carbons (Fsp3) is 0.333. The highest BCUT2D eigenvalue weighted by Crippen LogP contribution is 2.29. The molecule has 3 aromatic carbocycles. The summed E-state index contributed by atoms with van der Waals surface area (Å²) in [6.45, 7) is 4.64. The van der Waals surface area contributed by atoms with Gasteiger partial charge in [-0.1, -0.05) is 66.7 Å². The maximum Gasteiger partial charge on any atom is 0.123 e. The van der Waals surface area contributed by atoms with Crippen molar-refractivity contribution in [1.29, 1.82) is 0 Å². The van der Waals surface area contributed by atoms with E-state index in [0.717, 1.165) is 31.9 Å². The molecule has 5 nitrogen and oxygen atoms in total. The molecule has 4 rings (SSSR count). The fourth-order valence-electron chi connectivity index (χ4n) is 4.32. The number of aliphatic hydroxyl groups excluding tert-OH is 1. The standard InChI is InChI=1S/C27H32N2O3/c1-31-25-13-8-14-26(19-25)32-21-24(30)20-28-15-17-29(18-16-28)27(22-9-4-2-5-10-22)23-11-6-3-7-12-23/h2-14,19,24,27,30H,15-18,20-21H2,1H3/t24-/m0/s1. The van der Waals surface area contributed by atoms with Crippen LogP contribution >= 0.6 is 0 Å². The second kappa shape index (κ2) is 11.1. The zero-order valence-corrected chi connectivity index (χ0v) is 18.6. The van der Waals surface area contributed by atoms with Crippen molar-refractivity contribution in [3.63, 3.8) is 0 Å². The average molecular weight is 433 g/mol. The Labute approximate surface area is 190 Å². The topological polar surface area (TPSA) is 45.2 Å². The Hall–Kier alpha value is -2.86. The zero-order valence-electron chi connectivity index (χ0n) is 18.6. The molecule has 1 aliphatic rings. The van der Waals surface area contributed by atoms with Gasteiger partial charge in [-0.3, -0.25) is 9.80 Å². The van der Waals surface area contributed by atoms with Crippen molar-refractivity contribution in [3.05, 3.63) is 96.1 Å². The van der Waals surface area contributed by atoms with E-state index < -0.39 is 6.10 Å². The number of methoxy groups -OCH3 is 1. The van der Waals surface area contributed by atoms with Gasteiger partial charge >= 0.3 is 0 Å². The smallest absolute Gasteiger partial charge is 0.123 e. The van der Waals surface area contributed by atoms with Gasteiger partial charge in [0, 0.05) is 38.8 Å². The third kappa shape index (κ3) is 5.88. The summed E-state index contributed by atoms with van der Waals surface area (Å²) in [6.07, 6.45) is -0.535. The number of hydrogen-bond donors (Lipinski definition) is 1. The molecule has 0 aromatic heterocycles. The Balaban J connectivity index is 1.31. The first-order valence-electron chi connectivity index (χ1n) is 11.2. The van der Waals surface area contributed by atoms with Crippen LogP contribution in [0.25, 0.3) is 0 Å². The average Bonchev–Trinajstić information content (AvgIpc) is 2.85. The predicted octanol–water partition coefficient (Wildman–Crippen LogP) is 3.84. The Morgan fingerprint density at radius 3 is 1.97 bits per heavy atom. The molecule has 0 radical (unpaired) electrons. The van der Waals surface area contributed by atoms with Crippen LogP contribution < -0.4 is 9.47 Å². The molecule has 3 aromatic rings. The Morgan fingerprint density at radius 1 is 0.781 bits per heavy atom. The molecule has 0 spiro atoms. The number of hydrogen-bond acceptors (Lipinski definition) is 5. The summed E-state index contributed by atoms with van der Waals surface area (Å²) in [5.41, 5.74) is 2.64. The van der Waals surface area contributed by atoms with Crippen LogP contribution in [-0.2, 0) is 0 Å². The third-order valence-electron chi connectivity index (χ3n) is 5.96. The molecule has 0 unspecified atom stereocenters. The minimum atomic E-state index is -0.535. The SMILES string of the molecule is COc1cccc(OC[C@@H](O)CN2CCN(C(c3ccccc3)c3ccccc3)CC2)c1. The van der Waals surface area contributed by atoms with Crippen molar-refractivity contribution in [2.24, 2.45) is 0 Å². The van der Waals surface area contributed by atoms with E-state index in [1.807, 2.05) is 24.3 Å². The van der Waals surface area contributed by atoms with E-state index in [0.29, 0.717) is 12.3 Å². The Kier molecular flexibility index (Phi) is 7.77. The summed E-state index contributed by atoms with van der Waals surface area (Å²) in [4.78, 5) is 4.86. The van der Waals surface area contributed by atoms with Crippen LogP contribution in [0.1, 0.15) is 17.2 Å². The molecule has 1 saturated heterocycles. The lowest BCUT2D eigenvalue weighted by Crippen LogP contribution is -2.50. The quantitative estimate of drug-likeness (QED) is 0.557. The van der Waals surface area contributed by atoms with Gasteiger partial charge in [0.25, 0.3) is 0 Å². The maximum absolute atomic E-state index is 10.5. The fourth-order valence-corrected chi connectivity index (χ4v) is 4.32. The number of rotatable bonds is 9. The van der Waals surface area contributed by atoms with Crippen molar-refractivity contribution < 1.29 is 14.6 Å². The summed E-state index contributed by atoms with van der Waals surface area (Å²) >= 11 is 0. The molecule has 0 amide bonds.